The largest absolute Gasteiger partial charge is 0.316 e. The highest BCUT2D eigenvalue weighted by atomic mass is 32.2. The van der Waals surface area contributed by atoms with Crippen LogP contribution in [0.3, 0.4) is 0 Å². The Labute approximate surface area is 67.0 Å². The van der Waals surface area contributed by atoms with Gasteiger partial charge in [-0.1, -0.05) is 6.92 Å². The lowest BCUT2D eigenvalue weighted by molar-refractivity contribution is 0.167. The van der Waals surface area contributed by atoms with Crippen LogP contribution in [0, 0.1) is 11.3 Å². The van der Waals surface area contributed by atoms with Gasteiger partial charge in [-0.05, 0) is 30.8 Å². The van der Waals surface area contributed by atoms with Gasteiger partial charge in [0.15, 0.2) is 0 Å². The van der Waals surface area contributed by atoms with Crippen molar-refractivity contribution in [1.29, 1.82) is 0 Å². The molecule has 2 heterocycles. The quantitative estimate of drug-likeness (QED) is 0.569. The van der Waals surface area contributed by atoms with Crippen LogP contribution in [-0.4, -0.2) is 24.6 Å². The molecule has 0 bridgehead atoms. The molecule has 2 saturated heterocycles. The molecular formula is C8H15NS. The normalized spacial score (nSPS) is 37.5. The van der Waals surface area contributed by atoms with Crippen molar-refractivity contribution in [1.82, 2.24) is 5.32 Å². The van der Waals surface area contributed by atoms with Crippen LogP contribution in [0.25, 0.3) is 0 Å². The van der Waals surface area contributed by atoms with Crippen molar-refractivity contribution in [2.45, 2.75) is 13.3 Å². The Hall–Kier alpha value is 0.310. The average molecular weight is 157 g/mol. The molecule has 2 heteroatoms. The van der Waals surface area contributed by atoms with Crippen LogP contribution in [0.5, 0.6) is 0 Å². The van der Waals surface area contributed by atoms with Crippen molar-refractivity contribution in [3.63, 3.8) is 0 Å². The molecule has 2 rings (SSSR count). The molecule has 1 N–H and O–H groups in total. The molecule has 2 fully saturated rings. The standard InChI is InChI=1S/C8H15NS/c1-7-4-9-3-2-8(7)5-10-6-8/h7,9H,2-6H2,1H3. The van der Waals surface area contributed by atoms with Crippen molar-refractivity contribution >= 4 is 11.8 Å². The first kappa shape index (κ1) is 6.99. The molecule has 1 spiro atoms. The third kappa shape index (κ3) is 0.892. The summed E-state index contributed by atoms with van der Waals surface area (Å²) in [5.41, 5.74) is 0.760. The second-order valence-corrected chi connectivity index (χ2v) is 4.70. The number of hydrogen-bond donors (Lipinski definition) is 1. The van der Waals surface area contributed by atoms with Crippen LogP contribution in [0.2, 0.25) is 0 Å². The summed E-state index contributed by atoms with van der Waals surface area (Å²) in [4.78, 5) is 0. The summed E-state index contributed by atoms with van der Waals surface area (Å²) < 4.78 is 0. The van der Waals surface area contributed by atoms with Crippen LogP contribution in [0.4, 0.5) is 0 Å². The van der Waals surface area contributed by atoms with E-state index >= 15 is 0 Å². The van der Waals surface area contributed by atoms with Crippen LogP contribution < -0.4 is 5.32 Å². The summed E-state index contributed by atoms with van der Waals surface area (Å²) in [7, 11) is 0. The molecule has 0 amide bonds. The fourth-order valence-corrected chi connectivity index (χ4v) is 3.50. The van der Waals surface area contributed by atoms with E-state index in [1.165, 1.54) is 31.0 Å². The van der Waals surface area contributed by atoms with Crippen LogP contribution >= 0.6 is 11.8 Å². The Morgan fingerprint density at radius 2 is 2.30 bits per heavy atom. The van der Waals surface area contributed by atoms with E-state index in [4.69, 9.17) is 0 Å². The second-order valence-electron chi connectivity index (χ2n) is 3.71. The zero-order chi connectivity index (χ0) is 7.03. The molecule has 1 nitrogen and oxygen atoms in total. The molecule has 0 radical (unpaired) electrons. The van der Waals surface area contributed by atoms with Crippen molar-refractivity contribution in [2.24, 2.45) is 11.3 Å². The monoisotopic (exact) mass is 157 g/mol. The SMILES string of the molecule is CC1CNCCC12CSC2. The van der Waals surface area contributed by atoms with E-state index in [1.807, 2.05) is 0 Å². The van der Waals surface area contributed by atoms with Crippen LogP contribution in [-0.2, 0) is 0 Å². The van der Waals surface area contributed by atoms with E-state index < -0.39 is 0 Å². The van der Waals surface area contributed by atoms with Crippen molar-refractivity contribution in [3.05, 3.63) is 0 Å². The Bertz CT molecular complexity index is 131. The van der Waals surface area contributed by atoms with Gasteiger partial charge in [-0.25, -0.2) is 0 Å². The summed E-state index contributed by atoms with van der Waals surface area (Å²) in [5, 5.41) is 3.45. The minimum atomic E-state index is 0.760. The highest BCUT2D eigenvalue weighted by Gasteiger charge is 2.43. The average Bonchev–Trinajstić information content (AvgIpc) is 1.85. The topological polar surface area (TPSA) is 12.0 Å². The molecule has 2 aliphatic heterocycles. The van der Waals surface area contributed by atoms with Gasteiger partial charge in [0.25, 0.3) is 0 Å². The Morgan fingerprint density at radius 1 is 1.50 bits per heavy atom. The zero-order valence-electron chi connectivity index (χ0n) is 6.52. The Balaban J connectivity index is 2.03. The summed E-state index contributed by atoms with van der Waals surface area (Å²) in [5.74, 6) is 3.77. The fraction of sp³-hybridized carbons (Fsp3) is 1.00. The van der Waals surface area contributed by atoms with Gasteiger partial charge in [-0.2, -0.15) is 11.8 Å². The maximum atomic E-state index is 3.45. The van der Waals surface area contributed by atoms with E-state index in [0.29, 0.717) is 0 Å². The third-order valence-electron chi connectivity index (χ3n) is 3.07. The number of nitrogens with one attached hydrogen (secondary N) is 1. The van der Waals surface area contributed by atoms with E-state index in [1.54, 1.807) is 0 Å². The van der Waals surface area contributed by atoms with E-state index in [-0.39, 0.29) is 0 Å². The van der Waals surface area contributed by atoms with Gasteiger partial charge in [-0.15, -0.1) is 0 Å². The number of rotatable bonds is 0. The maximum Gasteiger partial charge on any atom is 0.0000828 e. The van der Waals surface area contributed by atoms with E-state index in [2.05, 4.69) is 24.0 Å². The minimum Gasteiger partial charge on any atom is -0.316 e. The smallest absolute Gasteiger partial charge is 0.0000828 e. The fourth-order valence-electron chi connectivity index (χ4n) is 1.91. The molecule has 0 aromatic heterocycles. The van der Waals surface area contributed by atoms with Crippen LogP contribution in [0.1, 0.15) is 13.3 Å². The molecule has 58 valence electrons. The molecule has 0 saturated carbocycles. The lowest BCUT2D eigenvalue weighted by Gasteiger charge is -2.49. The Kier molecular flexibility index (Phi) is 1.69. The molecule has 0 aromatic carbocycles. The van der Waals surface area contributed by atoms with Gasteiger partial charge in [-0.3, -0.25) is 0 Å². The summed E-state index contributed by atoms with van der Waals surface area (Å²) in [6.45, 7) is 4.90. The summed E-state index contributed by atoms with van der Waals surface area (Å²) in [6.07, 6.45) is 1.42. The molecule has 1 unspecified atom stereocenters. The predicted molar refractivity (Wildman–Crippen MR) is 46.4 cm³/mol. The highest BCUT2D eigenvalue weighted by Crippen LogP contribution is 2.47. The van der Waals surface area contributed by atoms with E-state index in [0.717, 1.165) is 11.3 Å². The third-order valence-corrected chi connectivity index (χ3v) is 4.63. The van der Waals surface area contributed by atoms with Gasteiger partial charge in [0.2, 0.25) is 0 Å². The van der Waals surface area contributed by atoms with Gasteiger partial charge in [0.1, 0.15) is 0 Å². The molecule has 10 heavy (non-hydrogen) atoms. The molecule has 0 aromatic rings. The number of piperidine rings is 1. The number of thioether (sulfide) groups is 1. The van der Waals surface area contributed by atoms with E-state index in [9.17, 15) is 0 Å². The van der Waals surface area contributed by atoms with Gasteiger partial charge < -0.3 is 5.32 Å². The second kappa shape index (κ2) is 2.42. The zero-order valence-corrected chi connectivity index (χ0v) is 7.34. The summed E-state index contributed by atoms with van der Waals surface area (Å²) >= 11 is 2.12. The first-order valence-corrected chi connectivity index (χ1v) is 5.27. The lowest BCUT2D eigenvalue weighted by atomic mass is 9.74. The van der Waals surface area contributed by atoms with Crippen LogP contribution in [0.15, 0.2) is 0 Å². The van der Waals surface area contributed by atoms with Crippen molar-refractivity contribution in [3.8, 4) is 0 Å². The van der Waals surface area contributed by atoms with Gasteiger partial charge in [0, 0.05) is 11.5 Å². The van der Waals surface area contributed by atoms with Gasteiger partial charge in [0.05, 0.1) is 0 Å². The molecule has 2 aliphatic rings. The van der Waals surface area contributed by atoms with Gasteiger partial charge >= 0.3 is 0 Å². The molecule has 0 aliphatic carbocycles. The lowest BCUT2D eigenvalue weighted by Crippen LogP contribution is -2.51. The first-order valence-electron chi connectivity index (χ1n) is 4.12. The predicted octanol–water partition coefficient (Wildman–Crippen LogP) is 1.35. The Morgan fingerprint density at radius 3 is 2.70 bits per heavy atom. The first-order chi connectivity index (χ1) is 4.83. The van der Waals surface area contributed by atoms with Crippen molar-refractivity contribution in [2.75, 3.05) is 24.6 Å². The summed E-state index contributed by atoms with van der Waals surface area (Å²) in [6, 6.07) is 0. The molecule has 1 atom stereocenters. The maximum absolute atomic E-state index is 3.45. The minimum absolute atomic E-state index is 0.760. The molecular weight excluding hydrogens is 142 g/mol. The van der Waals surface area contributed by atoms with Crippen molar-refractivity contribution < 1.29 is 0 Å². The highest BCUT2D eigenvalue weighted by molar-refractivity contribution is 8.00. The number of hydrogen-bond acceptors (Lipinski definition) is 2.